The normalized spacial score (nSPS) is 10.6. The van der Waals surface area contributed by atoms with Crippen molar-refractivity contribution in [2.45, 2.75) is 11.6 Å². The number of para-hydroxylation sites is 1. The molecule has 0 atom stereocenters. The Bertz CT molecular complexity index is 1120. The van der Waals surface area contributed by atoms with E-state index in [4.69, 9.17) is 0 Å². The van der Waals surface area contributed by atoms with Gasteiger partial charge in [-0.3, -0.25) is 19.7 Å². The number of halogens is 1. The van der Waals surface area contributed by atoms with Gasteiger partial charge in [-0.1, -0.05) is 36.0 Å². The molecule has 0 aliphatic heterocycles. The van der Waals surface area contributed by atoms with Gasteiger partial charge in [0.1, 0.15) is 11.6 Å². The van der Waals surface area contributed by atoms with E-state index in [2.05, 4.69) is 15.5 Å². The smallest absolute Gasteiger partial charge is 0.270 e. The van der Waals surface area contributed by atoms with E-state index >= 15 is 0 Å². The highest BCUT2D eigenvalue weighted by Crippen LogP contribution is 2.20. The van der Waals surface area contributed by atoms with E-state index < -0.39 is 16.6 Å². The zero-order valence-corrected chi connectivity index (χ0v) is 16.6. The fourth-order valence-corrected chi connectivity index (χ4v) is 3.36. The largest absolute Gasteiger partial charge is 0.323 e. The number of anilines is 1. The molecule has 0 aliphatic rings. The Morgan fingerprint density at radius 2 is 1.97 bits per heavy atom. The minimum atomic E-state index is -0.564. The van der Waals surface area contributed by atoms with Gasteiger partial charge in [0.15, 0.2) is 10.9 Å². The molecule has 1 heterocycles. The van der Waals surface area contributed by atoms with Crippen LogP contribution in [0.1, 0.15) is 16.2 Å². The second-order valence-electron chi connectivity index (χ2n) is 6.18. The summed E-state index contributed by atoms with van der Waals surface area (Å²) in [6, 6.07) is 11.3. The van der Waals surface area contributed by atoms with Crippen molar-refractivity contribution in [2.75, 3.05) is 11.1 Å². The van der Waals surface area contributed by atoms with Gasteiger partial charge in [-0.05, 0) is 12.1 Å². The molecule has 154 valence electrons. The minimum Gasteiger partial charge on any atom is -0.323 e. The van der Waals surface area contributed by atoms with Crippen LogP contribution in [-0.2, 0) is 18.3 Å². The molecule has 0 saturated heterocycles. The number of nitro benzene ring substituents is 1. The van der Waals surface area contributed by atoms with Crippen LogP contribution in [0.2, 0.25) is 0 Å². The van der Waals surface area contributed by atoms with Crippen LogP contribution in [0.3, 0.4) is 0 Å². The first-order valence-electron chi connectivity index (χ1n) is 8.68. The predicted octanol–water partition coefficient (Wildman–Crippen LogP) is 3.02. The highest BCUT2D eigenvalue weighted by atomic mass is 32.2. The number of non-ortho nitro benzene ring substituents is 1. The van der Waals surface area contributed by atoms with Crippen molar-refractivity contribution < 1.29 is 18.9 Å². The van der Waals surface area contributed by atoms with E-state index in [9.17, 15) is 24.1 Å². The third-order valence-corrected chi connectivity index (χ3v) is 5.12. The number of rotatable bonds is 8. The first-order valence-corrected chi connectivity index (χ1v) is 9.67. The lowest BCUT2D eigenvalue weighted by Crippen LogP contribution is -2.17. The highest BCUT2D eigenvalue weighted by molar-refractivity contribution is 7.99. The maximum Gasteiger partial charge on any atom is 0.270 e. The summed E-state index contributed by atoms with van der Waals surface area (Å²) >= 11 is 1.10. The van der Waals surface area contributed by atoms with Crippen LogP contribution in [0.4, 0.5) is 15.8 Å². The lowest BCUT2D eigenvalue weighted by molar-refractivity contribution is -0.384. The summed E-state index contributed by atoms with van der Waals surface area (Å²) < 4.78 is 15.2. The molecule has 11 heteroatoms. The van der Waals surface area contributed by atoms with Gasteiger partial charge in [-0.2, -0.15) is 0 Å². The van der Waals surface area contributed by atoms with Crippen LogP contribution in [-0.4, -0.2) is 37.1 Å². The minimum absolute atomic E-state index is 0.00539. The van der Waals surface area contributed by atoms with Crippen molar-refractivity contribution in [2.24, 2.45) is 7.05 Å². The van der Waals surface area contributed by atoms with Gasteiger partial charge in [0.05, 0.1) is 22.8 Å². The number of nitrogens with zero attached hydrogens (tertiary/aromatic N) is 4. The van der Waals surface area contributed by atoms with Gasteiger partial charge in [-0.15, -0.1) is 10.2 Å². The van der Waals surface area contributed by atoms with Crippen molar-refractivity contribution >= 4 is 34.8 Å². The SMILES string of the molecule is Cn1c(CC(=O)Nc2ccccc2F)nnc1SCC(=O)c1cccc([N+](=O)[O-])c1. The molecule has 0 fully saturated rings. The van der Waals surface area contributed by atoms with Crippen molar-refractivity contribution in [1.29, 1.82) is 0 Å². The number of amides is 1. The third kappa shape index (κ3) is 5.06. The van der Waals surface area contributed by atoms with Crippen LogP contribution < -0.4 is 5.32 Å². The summed E-state index contributed by atoms with van der Waals surface area (Å²) in [6.45, 7) is 0. The van der Waals surface area contributed by atoms with E-state index in [1.54, 1.807) is 17.7 Å². The Labute approximate surface area is 174 Å². The zero-order chi connectivity index (χ0) is 21.7. The summed E-state index contributed by atoms with van der Waals surface area (Å²) in [5.41, 5.74) is 0.137. The molecule has 1 amide bonds. The molecule has 3 rings (SSSR count). The summed E-state index contributed by atoms with van der Waals surface area (Å²) in [5.74, 6) is -0.964. The van der Waals surface area contributed by atoms with Gasteiger partial charge in [0, 0.05) is 24.7 Å². The molecule has 0 radical (unpaired) electrons. The topological polar surface area (TPSA) is 120 Å². The second-order valence-corrected chi connectivity index (χ2v) is 7.12. The number of nitro groups is 1. The molecule has 1 aromatic heterocycles. The standard InChI is InChI=1S/C19H16FN5O4S/c1-24-17(10-18(27)21-15-8-3-2-7-14(15)20)22-23-19(24)30-11-16(26)12-5-4-6-13(9-12)25(28)29/h2-9H,10-11H2,1H3,(H,21,27). The molecule has 30 heavy (non-hydrogen) atoms. The lowest BCUT2D eigenvalue weighted by Gasteiger charge is -2.06. The summed E-state index contributed by atoms with van der Waals surface area (Å²) in [4.78, 5) is 34.8. The van der Waals surface area contributed by atoms with Crippen molar-refractivity contribution in [3.63, 3.8) is 0 Å². The number of ketones is 1. The number of nitrogens with one attached hydrogen (secondary N) is 1. The van der Waals surface area contributed by atoms with E-state index in [1.807, 2.05) is 0 Å². The average Bonchev–Trinajstić information content (AvgIpc) is 3.07. The predicted molar refractivity (Wildman–Crippen MR) is 108 cm³/mol. The Hall–Kier alpha value is -3.60. The molecule has 1 N–H and O–H groups in total. The van der Waals surface area contributed by atoms with E-state index in [1.165, 1.54) is 42.5 Å². The van der Waals surface area contributed by atoms with Crippen LogP contribution in [0, 0.1) is 15.9 Å². The van der Waals surface area contributed by atoms with Gasteiger partial charge in [-0.25, -0.2) is 4.39 Å². The zero-order valence-electron chi connectivity index (χ0n) is 15.7. The maximum absolute atomic E-state index is 13.6. The van der Waals surface area contributed by atoms with E-state index in [0.717, 1.165) is 11.8 Å². The average molecular weight is 429 g/mol. The third-order valence-electron chi connectivity index (χ3n) is 4.10. The lowest BCUT2D eigenvalue weighted by atomic mass is 10.1. The Balaban J connectivity index is 1.60. The van der Waals surface area contributed by atoms with E-state index in [0.29, 0.717) is 11.0 Å². The molecule has 0 spiro atoms. The fourth-order valence-electron chi connectivity index (χ4n) is 2.53. The number of hydrogen-bond donors (Lipinski definition) is 1. The molecule has 0 aliphatic carbocycles. The molecule has 9 nitrogen and oxygen atoms in total. The van der Waals surface area contributed by atoms with Gasteiger partial charge >= 0.3 is 0 Å². The fraction of sp³-hybridized carbons (Fsp3) is 0.158. The van der Waals surface area contributed by atoms with E-state index in [-0.39, 0.29) is 34.9 Å². The Kier molecular flexibility index (Phi) is 6.52. The number of carbonyl (C=O) groups is 2. The molecular weight excluding hydrogens is 413 g/mol. The van der Waals surface area contributed by atoms with Crippen molar-refractivity contribution in [1.82, 2.24) is 14.8 Å². The first-order chi connectivity index (χ1) is 14.3. The summed E-state index contributed by atoms with van der Waals surface area (Å²) in [6.07, 6.45) is -0.128. The highest BCUT2D eigenvalue weighted by Gasteiger charge is 2.17. The number of aromatic nitrogens is 3. The van der Waals surface area contributed by atoms with Crippen LogP contribution >= 0.6 is 11.8 Å². The molecule has 0 saturated carbocycles. The number of carbonyl (C=O) groups excluding carboxylic acids is 2. The molecule has 0 unspecified atom stereocenters. The number of benzene rings is 2. The molecular formula is C19H16FN5O4S. The molecule has 0 bridgehead atoms. The van der Waals surface area contributed by atoms with Crippen LogP contribution in [0.5, 0.6) is 0 Å². The monoisotopic (exact) mass is 429 g/mol. The number of thioether (sulfide) groups is 1. The summed E-state index contributed by atoms with van der Waals surface area (Å²) in [7, 11) is 1.64. The first kappa shape index (κ1) is 21.1. The maximum atomic E-state index is 13.6. The molecule has 2 aromatic carbocycles. The Morgan fingerprint density at radius 3 is 2.70 bits per heavy atom. The quantitative estimate of drug-likeness (QED) is 0.253. The second kappa shape index (κ2) is 9.27. The van der Waals surface area contributed by atoms with Gasteiger partial charge < -0.3 is 9.88 Å². The number of hydrogen-bond acceptors (Lipinski definition) is 7. The van der Waals surface area contributed by atoms with Crippen molar-refractivity contribution in [3.05, 3.63) is 75.9 Å². The van der Waals surface area contributed by atoms with Gasteiger partial charge in [0.2, 0.25) is 5.91 Å². The number of Topliss-reactive ketones (excluding diaryl/α,β-unsaturated/α-hetero) is 1. The van der Waals surface area contributed by atoms with Gasteiger partial charge in [0.25, 0.3) is 5.69 Å². The van der Waals surface area contributed by atoms with Crippen LogP contribution in [0.25, 0.3) is 0 Å². The molecule has 3 aromatic rings. The van der Waals surface area contributed by atoms with Crippen LogP contribution in [0.15, 0.2) is 53.7 Å². The summed E-state index contributed by atoms with van der Waals surface area (Å²) in [5, 5.41) is 21.6. The Morgan fingerprint density at radius 1 is 1.20 bits per heavy atom. The van der Waals surface area contributed by atoms with Crippen molar-refractivity contribution in [3.8, 4) is 0 Å².